The molecule has 0 spiro atoms. The molecule has 110 valence electrons. The molecule has 1 saturated heterocycles. The summed E-state index contributed by atoms with van der Waals surface area (Å²) in [6, 6.07) is 5.17. The monoisotopic (exact) mass is 273 g/mol. The van der Waals surface area contributed by atoms with Crippen LogP contribution in [0, 0.1) is 5.92 Å². The van der Waals surface area contributed by atoms with Crippen molar-refractivity contribution in [1.82, 2.24) is 10.3 Å². The van der Waals surface area contributed by atoms with E-state index < -0.39 is 0 Å². The predicted molar refractivity (Wildman–Crippen MR) is 83.9 cm³/mol. The van der Waals surface area contributed by atoms with Crippen molar-refractivity contribution in [3.8, 4) is 0 Å². The largest absolute Gasteiger partial charge is 0.353 e. The molecule has 1 aromatic rings. The average molecular weight is 273 g/mol. The van der Waals surface area contributed by atoms with Crippen molar-refractivity contribution in [2.45, 2.75) is 58.0 Å². The Bertz CT molecular complexity index is 430. The lowest BCUT2D eigenvalue weighted by Crippen LogP contribution is -2.47. The highest BCUT2D eigenvalue weighted by molar-refractivity contribution is 5.43. The summed E-state index contributed by atoms with van der Waals surface area (Å²) in [6.07, 6.45) is 10.4. The molecular weight excluding hydrogens is 246 g/mol. The van der Waals surface area contributed by atoms with Crippen molar-refractivity contribution in [1.29, 1.82) is 0 Å². The van der Waals surface area contributed by atoms with E-state index in [-0.39, 0.29) is 0 Å². The normalized spacial score (nSPS) is 26.4. The van der Waals surface area contributed by atoms with Crippen LogP contribution in [0.1, 0.15) is 51.0 Å². The smallest absolute Gasteiger partial charge is 0.129 e. The zero-order valence-corrected chi connectivity index (χ0v) is 12.6. The molecule has 2 aliphatic rings. The molecule has 0 radical (unpaired) electrons. The minimum atomic E-state index is 0.749. The van der Waals surface area contributed by atoms with E-state index in [0.717, 1.165) is 25.0 Å². The Kier molecular flexibility index (Phi) is 4.56. The first-order valence-corrected chi connectivity index (χ1v) is 8.31. The molecule has 2 fully saturated rings. The summed E-state index contributed by atoms with van der Waals surface area (Å²) >= 11 is 0. The van der Waals surface area contributed by atoms with Gasteiger partial charge in [0, 0.05) is 25.3 Å². The maximum absolute atomic E-state index is 4.66. The molecule has 2 atom stereocenters. The van der Waals surface area contributed by atoms with Crippen molar-refractivity contribution < 1.29 is 0 Å². The summed E-state index contributed by atoms with van der Waals surface area (Å²) in [5.74, 6) is 2.12. The van der Waals surface area contributed by atoms with E-state index in [0.29, 0.717) is 0 Å². The van der Waals surface area contributed by atoms with E-state index in [1.54, 1.807) is 0 Å². The topological polar surface area (TPSA) is 28.2 Å². The van der Waals surface area contributed by atoms with Crippen molar-refractivity contribution >= 4 is 5.82 Å². The third kappa shape index (κ3) is 2.98. The van der Waals surface area contributed by atoms with Crippen molar-refractivity contribution in [2.24, 2.45) is 5.92 Å². The molecule has 1 aliphatic carbocycles. The van der Waals surface area contributed by atoms with Gasteiger partial charge in [0.15, 0.2) is 0 Å². The first-order valence-electron chi connectivity index (χ1n) is 8.31. The summed E-state index contributed by atoms with van der Waals surface area (Å²) in [7, 11) is 0. The van der Waals surface area contributed by atoms with Gasteiger partial charge in [0.05, 0.1) is 0 Å². The van der Waals surface area contributed by atoms with Gasteiger partial charge >= 0.3 is 0 Å². The van der Waals surface area contributed by atoms with Gasteiger partial charge in [0.1, 0.15) is 5.82 Å². The molecule has 0 amide bonds. The second kappa shape index (κ2) is 6.57. The van der Waals surface area contributed by atoms with Gasteiger partial charge in [-0.25, -0.2) is 4.98 Å². The number of aromatic nitrogens is 1. The number of anilines is 1. The van der Waals surface area contributed by atoms with Crippen LogP contribution < -0.4 is 10.2 Å². The standard InChI is InChI=1S/C17H27N3/c1-2-18-13-14-9-10-19-17(12-14)20-11-5-7-15-6-3-4-8-16(15)20/h9-10,12,15-16,18H,2-8,11,13H2,1H3/t15-,16-/m1/s1. The Morgan fingerprint density at radius 2 is 2.10 bits per heavy atom. The fourth-order valence-electron chi connectivity index (χ4n) is 3.91. The molecule has 3 nitrogen and oxygen atoms in total. The second-order valence-corrected chi connectivity index (χ2v) is 6.25. The highest BCUT2D eigenvalue weighted by Gasteiger charge is 2.33. The van der Waals surface area contributed by atoms with Gasteiger partial charge in [0.25, 0.3) is 0 Å². The van der Waals surface area contributed by atoms with Gasteiger partial charge < -0.3 is 10.2 Å². The third-order valence-corrected chi connectivity index (χ3v) is 4.93. The average Bonchev–Trinajstić information content (AvgIpc) is 2.52. The van der Waals surface area contributed by atoms with Crippen LogP contribution in [0.5, 0.6) is 0 Å². The third-order valence-electron chi connectivity index (χ3n) is 4.93. The van der Waals surface area contributed by atoms with E-state index in [1.165, 1.54) is 56.5 Å². The van der Waals surface area contributed by atoms with Crippen LogP contribution in [-0.2, 0) is 6.54 Å². The Morgan fingerprint density at radius 3 is 3.00 bits per heavy atom. The van der Waals surface area contributed by atoms with Crippen molar-refractivity contribution in [3.05, 3.63) is 23.9 Å². The summed E-state index contributed by atoms with van der Waals surface area (Å²) in [5, 5.41) is 3.40. The number of piperidine rings is 1. The number of nitrogens with zero attached hydrogens (tertiary/aromatic N) is 2. The van der Waals surface area contributed by atoms with Gasteiger partial charge in [0.2, 0.25) is 0 Å². The van der Waals surface area contributed by atoms with Crippen LogP contribution in [0.4, 0.5) is 5.82 Å². The van der Waals surface area contributed by atoms with Crippen LogP contribution in [0.15, 0.2) is 18.3 Å². The van der Waals surface area contributed by atoms with E-state index >= 15 is 0 Å². The highest BCUT2D eigenvalue weighted by Crippen LogP contribution is 2.37. The van der Waals surface area contributed by atoms with Gasteiger partial charge in [-0.05, 0) is 55.8 Å². The lowest BCUT2D eigenvalue weighted by molar-refractivity contribution is 0.242. The van der Waals surface area contributed by atoms with Crippen LogP contribution in [0.2, 0.25) is 0 Å². The summed E-state index contributed by atoms with van der Waals surface area (Å²) in [6.45, 7) is 5.32. The lowest BCUT2D eigenvalue weighted by atomic mass is 9.78. The molecular formula is C17H27N3. The quantitative estimate of drug-likeness (QED) is 0.912. The SMILES string of the molecule is CCNCc1ccnc(N2CCC[C@H]3CCCC[C@H]32)c1. The molecule has 2 heterocycles. The molecule has 3 heteroatoms. The van der Waals surface area contributed by atoms with Crippen LogP contribution in [0.3, 0.4) is 0 Å². The number of hydrogen-bond acceptors (Lipinski definition) is 3. The van der Waals surface area contributed by atoms with Crippen molar-refractivity contribution in [3.63, 3.8) is 0 Å². The van der Waals surface area contributed by atoms with Crippen molar-refractivity contribution in [2.75, 3.05) is 18.0 Å². The number of fused-ring (bicyclic) bond motifs is 1. The molecule has 1 saturated carbocycles. The maximum atomic E-state index is 4.66. The summed E-state index contributed by atoms with van der Waals surface area (Å²) in [5.41, 5.74) is 1.36. The van der Waals surface area contributed by atoms with E-state index in [2.05, 4.69) is 34.3 Å². The van der Waals surface area contributed by atoms with E-state index in [4.69, 9.17) is 0 Å². The second-order valence-electron chi connectivity index (χ2n) is 6.25. The fraction of sp³-hybridized carbons (Fsp3) is 0.706. The van der Waals surface area contributed by atoms with Gasteiger partial charge in [-0.15, -0.1) is 0 Å². The molecule has 0 bridgehead atoms. The minimum Gasteiger partial charge on any atom is -0.353 e. The highest BCUT2D eigenvalue weighted by atomic mass is 15.2. The predicted octanol–water partition coefficient (Wildman–Crippen LogP) is 3.35. The van der Waals surface area contributed by atoms with Crippen LogP contribution >= 0.6 is 0 Å². The fourth-order valence-corrected chi connectivity index (χ4v) is 3.91. The molecule has 1 aromatic heterocycles. The Hall–Kier alpha value is -1.09. The van der Waals surface area contributed by atoms with Gasteiger partial charge in [-0.2, -0.15) is 0 Å². The Morgan fingerprint density at radius 1 is 1.25 bits per heavy atom. The lowest BCUT2D eigenvalue weighted by Gasteiger charge is -2.44. The van der Waals surface area contributed by atoms with E-state index in [9.17, 15) is 0 Å². The Balaban J connectivity index is 1.76. The minimum absolute atomic E-state index is 0.749. The van der Waals surface area contributed by atoms with Crippen LogP contribution in [-0.4, -0.2) is 24.1 Å². The molecule has 3 rings (SSSR count). The van der Waals surface area contributed by atoms with E-state index in [1.807, 2.05) is 6.20 Å². The summed E-state index contributed by atoms with van der Waals surface area (Å²) in [4.78, 5) is 7.26. The molecule has 0 aromatic carbocycles. The maximum Gasteiger partial charge on any atom is 0.129 e. The zero-order valence-electron chi connectivity index (χ0n) is 12.6. The molecule has 1 N–H and O–H groups in total. The number of pyridine rings is 1. The summed E-state index contributed by atoms with van der Waals surface area (Å²) < 4.78 is 0. The zero-order chi connectivity index (χ0) is 13.8. The molecule has 0 unspecified atom stereocenters. The van der Waals surface area contributed by atoms with Crippen LogP contribution in [0.25, 0.3) is 0 Å². The number of hydrogen-bond donors (Lipinski definition) is 1. The number of nitrogens with one attached hydrogen (secondary N) is 1. The first-order chi connectivity index (χ1) is 9.88. The molecule has 1 aliphatic heterocycles. The van der Waals surface area contributed by atoms with Gasteiger partial charge in [-0.1, -0.05) is 19.8 Å². The molecule has 20 heavy (non-hydrogen) atoms. The Labute approximate surface area is 122 Å². The van der Waals surface area contributed by atoms with Gasteiger partial charge in [-0.3, -0.25) is 0 Å². The first kappa shape index (κ1) is 13.9. The number of rotatable bonds is 4.